The Bertz CT molecular complexity index is 377. The summed E-state index contributed by atoms with van der Waals surface area (Å²) in [6.07, 6.45) is 4.58. The fourth-order valence-corrected chi connectivity index (χ4v) is 2.16. The minimum absolute atomic E-state index is 0.155. The van der Waals surface area contributed by atoms with Gasteiger partial charge in [0, 0.05) is 0 Å². The van der Waals surface area contributed by atoms with Crippen molar-refractivity contribution in [3.8, 4) is 0 Å². The van der Waals surface area contributed by atoms with E-state index in [2.05, 4.69) is 6.92 Å². The molecule has 1 aliphatic rings. The summed E-state index contributed by atoms with van der Waals surface area (Å²) in [4.78, 5) is 17.3. The highest BCUT2D eigenvalue weighted by molar-refractivity contribution is 5.83. The third-order valence-corrected chi connectivity index (χ3v) is 3.37. The van der Waals surface area contributed by atoms with Crippen LogP contribution >= 0.6 is 0 Å². The molecule has 3 nitrogen and oxygen atoms in total. The monoisotopic (exact) mass is 247 g/mol. The van der Waals surface area contributed by atoms with Crippen LogP contribution in [0.3, 0.4) is 0 Å². The van der Waals surface area contributed by atoms with Crippen LogP contribution in [-0.4, -0.2) is 17.5 Å². The first-order chi connectivity index (χ1) is 8.81. The lowest BCUT2D eigenvalue weighted by Crippen LogP contribution is -2.51. The van der Waals surface area contributed by atoms with Gasteiger partial charge in [-0.1, -0.05) is 56.5 Å². The second-order valence-corrected chi connectivity index (χ2v) is 4.85. The Morgan fingerprint density at radius 2 is 2.06 bits per heavy atom. The first-order valence-corrected chi connectivity index (χ1v) is 6.79. The zero-order chi connectivity index (χ0) is 12.8. The number of carbonyl (C=O) groups is 1. The van der Waals surface area contributed by atoms with Crippen molar-refractivity contribution >= 4 is 5.91 Å². The van der Waals surface area contributed by atoms with E-state index in [1.807, 2.05) is 30.3 Å². The molecule has 2 rings (SSSR count). The Morgan fingerprint density at radius 1 is 1.28 bits per heavy atom. The number of hydrogen-bond donors (Lipinski definition) is 0. The molecule has 1 saturated heterocycles. The number of hydroxylamine groups is 2. The summed E-state index contributed by atoms with van der Waals surface area (Å²) in [6.45, 7) is 3.42. The first kappa shape index (κ1) is 13.1. The summed E-state index contributed by atoms with van der Waals surface area (Å²) in [7, 11) is 0. The largest absolute Gasteiger partial charge is 0.272 e. The van der Waals surface area contributed by atoms with Gasteiger partial charge in [-0.05, 0) is 12.0 Å². The van der Waals surface area contributed by atoms with Gasteiger partial charge in [-0.25, -0.2) is 5.06 Å². The van der Waals surface area contributed by atoms with Gasteiger partial charge in [0.15, 0.2) is 0 Å². The van der Waals surface area contributed by atoms with Crippen molar-refractivity contribution in [1.29, 1.82) is 0 Å². The van der Waals surface area contributed by atoms with Crippen molar-refractivity contribution in [3.05, 3.63) is 35.9 Å². The third-order valence-electron chi connectivity index (χ3n) is 3.37. The number of benzene rings is 1. The number of amides is 1. The summed E-state index contributed by atoms with van der Waals surface area (Å²) >= 11 is 0. The van der Waals surface area contributed by atoms with Crippen molar-refractivity contribution in [2.45, 2.75) is 39.2 Å². The summed E-state index contributed by atoms with van der Waals surface area (Å²) in [5.41, 5.74) is 1.10. The lowest BCUT2D eigenvalue weighted by molar-refractivity contribution is -0.226. The fourth-order valence-electron chi connectivity index (χ4n) is 2.16. The number of hydrogen-bond acceptors (Lipinski definition) is 2. The molecular formula is C15H21NO2. The zero-order valence-electron chi connectivity index (χ0n) is 11.0. The molecule has 0 unspecified atom stereocenters. The average molecular weight is 247 g/mol. The normalized spacial score (nSPS) is 18.8. The van der Waals surface area contributed by atoms with E-state index in [0.717, 1.165) is 24.9 Å². The molecule has 98 valence electrons. The van der Waals surface area contributed by atoms with Crippen LogP contribution in [0.2, 0.25) is 0 Å². The Labute approximate surface area is 109 Å². The maximum absolute atomic E-state index is 11.8. The van der Waals surface area contributed by atoms with Crippen LogP contribution in [0.25, 0.3) is 0 Å². The molecular weight excluding hydrogens is 226 g/mol. The van der Waals surface area contributed by atoms with Gasteiger partial charge in [-0.3, -0.25) is 9.63 Å². The van der Waals surface area contributed by atoms with E-state index in [1.54, 1.807) is 0 Å². The van der Waals surface area contributed by atoms with Crippen LogP contribution in [0.1, 0.15) is 38.2 Å². The maximum atomic E-state index is 11.8. The van der Waals surface area contributed by atoms with Crippen LogP contribution in [0.5, 0.6) is 0 Å². The molecule has 1 atom stereocenters. The molecule has 0 spiro atoms. The number of unbranched alkanes of at least 4 members (excludes halogenated alkanes) is 2. The fraction of sp³-hybridized carbons (Fsp3) is 0.533. The maximum Gasteiger partial charge on any atom is 0.251 e. The number of carbonyl (C=O) groups excluding carboxylic acids is 1. The molecule has 0 aliphatic carbocycles. The predicted molar refractivity (Wildman–Crippen MR) is 70.6 cm³/mol. The highest BCUT2D eigenvalue weighted by atomic mass is 16.7. The predicted octanol–water partition coefficient (Wildman–Crippen LogP) is 3.16. The molecule has 18 heavy (non-hydrogen) atoms. The van der Waals surface area contributed by atoms with Gasteiger partial charge in [-0.15, -0.1) is 0 Å². The molecule has 1 aliphatic heterocycles. The van der Waals surface area contributed by atoms with Gasteiger partial charge in [0.2, 0.25) is 0 Å². The molecule has 0 radical (unpaired) electrons. The van der Waals surface area contributed by atoms with Gasteiger partial charge < -0.3 is 0 Å². The zero-order valence-corrected chi connectivity index (χ0v) is 11.0. The van der Waals surface area contributed by atoms with Crippen molar-refractivity contribution < 1.29 is 9.63 Å². The van der Waals surface area contributed by atoms with Crippen LogP contribution in [-0.2, 0) is 16.2 Å². The van der Waals surface area contributed by atoms with Crippen molar-refractivity contribution in [2.75, 3.05) is 6.54 Å². The van der Waals surface area contributed by atoms with Crippen molar-refractivity contribution in [3.63, 3.8) is 0 Å². The average Bonchev–Trinajstić information content (AvgIpc) is 2.42. The SMILES string of the molecule is CCCCC[C@@H]1CN(OCc2ccccc2)C1=O. The van der Waals surface area contributed by atoms with Gasteiger partial charge >= 0.3 is 0 Å². The van der Waals surface area contributed by atoms with Crippen LogP contribution < -0.4 is 0 Å². The van der Waals surface area contributed by atoms with Crippen molar-refractivity contribution in [1.82, 2.24) is 5.06 Å². The summed E-state index contributed by atoms with van der Waals surface area (Å²) in [5, 5.41) is 1.50. The van der Waals surface area contributed by atoms with Gasteiger partial charge in [0.25, 0.3) is 5.91 Å². The second kappa shape index (κ2) is 6.55. The smallest absolute Gasteiger partial charge is 0.251 e. The minimum atomic E-state index is 0.155. The molecule has 1 heterocycles. The van der Waals surface area contributed by atoms with E-state index < -0.39 is 0 Å². The Kier molecular flexibility index (Phi) is 4.76. The Hall–Kier alpha value is -1.35. The van der Waals surface area contributed by atoms with E-state index in [9.17, 15) is 4.79 Å². The molecule has 1 aromatic rings. The molecule has 1 aromatic carbocycles. The quantitative estimate of drug-likeness (QED) is 0.547. The standard InChI is InChI=1S/C15H21NO2/c1-2-3-5-10-14-11-16(15(14)17)18-12-13-8-6-4-7-9-13/h4,6-9,14H,2-3,5,10-12H2,1H3/t14-/m1/s1. The molecule has 0 N–H and O–H groups in total. The van der Waals surface area contributed by atoms with E-state index in [0.29, 0.717) is 6.61 Å². The van der Waals surface area contributed by atoms with E-state index >= 15 is 0 Å². The van der Waals surface area contributed by atoms with Crippen LogP contribution in [0.4, 0.5) is 0 Å². The lowest BCUT2D eigenvalue weighted by atomic mass is 9.94. The second-order valence-electron chi connectivity index (χ2n) is 4.85. The van der Waals surface area contributed by atoms with Gasteiger partial charge in [0.05, 0.1) is 12.5 Å². The topological polar surface area (TPSA) is 29.5 Å². The molecule has 1 amide bonds. The van der Waals surface area contributed by atoms with Crippen LogP contribution in [0, 0.1) is 5.92 Å². The Balaban J connectivity index is 1.66. The third kappa shape index (κ3) is 3.33. The first-order valence-electron chi connectivity index (χ1n) is 6.79. The van der Waals surface area contributed by atoms with Crippen LogP contribution in [0.15, 0.2) is 30.3 Å². The molecule has 0 saturated carbocycles. The van der Waals surface area contributed by atoms with E-state index in [4.69, 9.17) is 4.84 Å². The minimum Gasteiger partial charge on any atom is -0.272 e. The lowest BCUT2D eigenvalue weighted by Gasteiger charge is -2.37. The molecule has 1 fully saturated rings. The molecule has 0 aromatic heterocycles. The van der Waals surface area contributed by atoms with Gasteiger partial charge in [0.1, 0.15) is 6.61 Å². The summed E-state index contributed by atoms with van der Waals surface area (Å²) < 4.78 is 0. The summed E-state index contributed by atoms with van der Waals surface area (Å²) in [5.74, 6) is 0.356. The highest BCUT2D eigenvalue weighted by Crippen LogP contribution is 2.24. The number of nitrogens with zero attached hydrogens (tertiary/aromatic N) is 1. The number of β-lactam (4-membered cyclic amide) rings is 1. The highest BCUT2D eigenvalue weighted by Gasteiger charge is 2.36. The van der Waals surface area contributed by atoms with Crippen molar-refractivity contribution in [2.24, 2.45) is 5.92 Å². The van der Waals surface area contributed by atoms with E-state index in [-0.39, 0.29) is 11.8 Å². The summed E-state index contributed by atoms with van der Waals surface area (Å²) in [6, 6.07) is 9.93. The molecule has 0 bridgehead atoms. The number of rotatable bonds is 7. The molecule has 3 heteroatoms. The Morgan fingerprint density at radius 3 is 2.72 bits per heavy atom. The van der Waals surface area contributed by atoms with E-state index in [1.165, 1.54) is 17.9 Å². The van der Waals surface area contributed by atoms with Gasteiger partial charge in [-0.2, -0.15) is 0 Å².